The summed E-state index contributed by atoms with van der Waals surface area (Å²) in [5, 5.41) is 9.40. The van der Waals surface area contributed by atoms with E-state index in [1.54, 1.807) is 0 Å². The van der Waals surface area contributed by atoms with E-state index < -0.39 is 11.6 Å². The number of fused-ring (bicyclic) bond motifs is 3. The number of hydrogen-bond acceptors (Lipinski definition) is 7. The number of benzene rings is 1. The molecule has 0 atom stereocenters. The highest BCUT2D eigenvalue weighted by Crippen LogP contribution is 2.31. The lowest BCUT2D eigenvalue weighted by molar-refractivity contribution is 0.392. The molecule has 0 saturated heterocycles. The fourth-order valence-corrected chi connectivity index (χ4v) is 1.33. The molecule has 7 nitrogen and oxygen atoms in total. The molecule has 3 aromatic rings. The molecule has 15 heavy (non-hydrogen) atoms. The van der Waals surface area contributed by atoms with Crippen LogP contribution in [-0.2, 0) is 0 Å². The number of rotatable bonds is 0. The van der Waals surface area contributed by atoms with Crippen molar-refractivity contribution in [2.24, 2.45) is 0 Å². The van der Waals surface area contributed by atoms with Crippen molar-refractivity contribution < 1.29 is 22.8 Å². The number of phenolic OH excluding ortho intramolecular Hbond substituents is 1. The predicted molar refractivity (Wildman–Crippen MR) is 44.7 cm³/mol. The summed E-state index contributed by atoms with van der Waals surface area (Å²) in [5.41, 5.74) is -0.425. The molecular weight excluding hydrogens is 208 g/mol. The van der Waals surface area contributed by atoms with Crippen LogP contribution in [0, 0.1) is 0 Å². The lowest BCUT2D eigenvalue weighted by Gasteiger charge is -1.89. The minimum Gasteiger partial charge on any atom is -0.504 e. The van der Waals surface area contributed by atoms with E-state index in [9.17, 15) is 14.7 Å². The third-order valence-corrected chi connectivity index (χ3v) is 1.89. The Balaban J connectivity index is 2.73. The maximum absolute atomic E-state index is 10.8. The SMILES string of the molecule is O=c1oc2cc(O)c3oc(=O)oc3c2o1. The van der Waals surface area contributed by atoms with E-state index in [1.807, 2.05) is 0 Å². The third kappa shape index (κ3) is 0.938. The fraction of sp³-hybridized carbons (Fsp3) is 0. The highest BCUT2D eigenvalue weighted by atomic mass is 16.6. The van der Waals surface area contributed by atoms with Crippen molar-refractivity contribution in [1.82, 2.24) is 0 Å². The summed E-state index contributed by atoms with van der Waals surface area (Å²) < 4.78 is 18.3. The van der Waals surface area contributed by atoms with E-state index >= 15 is 0 Å². The zero-order valence-electron chi connectivity index (χ0n) is 6.97. The molecule has 0 aliphatic heterocycles. The smallest absolute Gasteiger partial charge is 0.504 e. The predicted octanol–water partition coefficient (Wildman–Crippen LogP) is 0.791. The van der Waals surface area contributed by atoms with Gasteiger partial charge in [-0.15, -0.1) is 0 Å². The Hall–Kier alpha value is -2.44. The number of aromatic hydroxyl groups is 1. The maximum Gasteiger partial charge on any atom is 0.519 e. The van der Waals surface area contributed by atoms with Gasteiger partial charge in [-0.25, -0.2) is 9.59 Å². The van der Waals surface area contributed by atoms with Crippen LogP contribution in [0.5, 0.6) is 5.75 Å². The Kier molecular flexibility index (Phi) is 1.23. The molecule has 0 radical (unpaired) electrons. The second-order valence-corrected chi connectivity index (χ2v) is 2.79. The topological polar surface area (TPSA) is 107 Å². The minimum absolute atomic E-state index is 0.0189. The van der Waals surface area contributed by atoms with Gasteiger partial charge in [-0.05, 0) is 0 Å². The van der Waals surface area contributed by atoms with E-state index in [0.29, 0.717) is 0 Å². The molecule has 76 valence electrons. The number of hydrogen-bond donors (Lipinski definition) is 1. The summed E-state index contributed by atoms with van der Waals surface area (Å²) in [6, 6.07) is 1.10. The van der Waals surface area contributed by atoms with Crippen LogP contribution >= 0.6 is 0 Å². The standard InChI is InChI=1S/C8H2O7/c9-2-1-3-5(14-7(10)12-3)6-4(2)13-8(11)15-6/h1,9H. The van der Waals surface area contributed by atoms with Crippen LogP contribution in [0.1, 0.15) is 0 Å². The van der Waals surface area contributed by atoms with Crippen molar-refractivity contribution in [3.05, 3.63) is 27.3 Å². The van der Waals surface area contributed by atoms with Crippen molar-refractivity contribution in [1.29, 1.82) is 0 Å². The van der Waals surface area contributed by atoms with Gasteiger partial charge >= 0.3 is 11.6 Å². The molecule has 0 fully saturated rings. The molecule has 0 spiro atoms. The fourth-order valence-electron chi connectivity index (χ4n) is 1.33. The van der Waals surface area contributed by atoms with Gasteiger partial charge in [-0.3, -0.25) is 0 Å². The van der Waals surface area contributed by atoms with Crippen LogP contribution in [0.25, 0.3) is 22.3 Å². The molecule has 7 heteroatoms. The lowest BCUT2D eigenvalue weighted by Crippen LogP contribution is -1.85. The van der Waals surface area contributed by atoms with E-state index in [-0.39, 0.29) is 28.1 Å². The first-order valence-corrected chi connectivity index (χ1v) is 3.84. The summed E-state index contributed by atoms with van der Waals surface area (Å²) in [4.78, 5) is 21.6. The average Bonchev–Trinajstić information content (AvgIpc) is 2.68. The van der Waals surface area contributed by atoms with Gasteiger partial charge < -0.3 is 22.8 Å². The van der Waals surface area contributed by atoms with E-state index in [4.69, 9.17) is 0 Å². The average molecular weight is 210 g/mol. The molecule has 0 aliphatic rings. The summed E-state index contributed by atoms with van der Waals surface area (Å²) in [5.74, 6) is -2.33. The lowest BCUT2D eigenvalue weighted by atomic mass is 10.3. The Bertz CT molecular complexity index is 766. The van der Waals surface area contributed by atoms with Crippen LogP contribution in [-0.4, -0.2) is 5.11 Å². The Morgan fingerprint density at radius 2 is 1.47 bits per heavy atom. The summed E-state index contributed by atoms with van der Waals surface area (Å²) >= 11 is 0. The first-order chi connectivity index (χ1) is 7.15. The summed E-state index contributed by atoms with van der Waals surface area (Å²) in [6.45, 7) is 0. The Morgan fingerprint density at radius 3 is 2.27 bits per heavy atom. The molecule has 0 saturated carbocycles. The summed E-state index contributed by atoms with van der Waals surface area (Å²) in [7, 11) is 0. The third-order valence-electron chi connectivity index (χ3n) is 1.89. The monoisotopic (exact) mass is 210 g/mol. The minimum atomic E-state index is -1.00. The Labute approximate surface area is 79.1 Å². The molecule has 1 N–H and O–H groups in total. The van der Waals surface area contributed by atoms with Crippen molar-refractivity contribution in [2.75, 3.05) is 0 Å². The zero-order chi connectivity index (χ0) is 10.6. The maximum atomic E-state index is 10.8. The second-order valence-electron chi connectivity index (χ2n) is 2.79. The van der Waals surface area contributed by atoms with Crippen molar-refractivity contribution in [3.8, 4) is 5.75 Å². The van der Waals surface area contributed by atoms with E-state index in [0.717, 1.165) is 6.07 Å². The highest BCUT2D eigenvalue weighted by molar-refractivity contribution is 5.98. The first-order valence-electron chi connectivity index (χ1n) is 3.84. The van der Waals surface area contributed by atoms with Crippen molar-refractivity contribution >= 4 is 22.3 Å². The van der Waals surface area contributed by atoms with Gasteiger partial charge in [0.05, 0.1) is 0 Å². The summed E-state index contributed by atoms with van der Waals surface area (Å²) in [6.07, 6.45) is 0. The molecule has 0 unspecified atom stereocenters. The van der Waals surface area contributed by atoms with Gasteiger partial charge in [-0.1, -0.05) is 0 Å². The van der Waals surface area contributed by atoms with E-state index in [2.05, 4.69) is 17.7 Å². The quantitative estimate of drug-likeness (QED) is 0.584. The highest BCUT2D eigenvalue weighted by Gasteiger charge is 2.18. The van der Waals surface area contributed by atoms with Crippen LogP contribution < -0.4 is 11.6 Å². The molecule has 0 amide bonds. The molecule has 3 rings (SSSR count). The van der Waals surface area contributed by atoms with Gasteiger partial charge in [0.2, 0.25) is 16.7 Å². The first kappa shape index (κ1) is 7.92. The molecule has 2 aromatic heterocycles. The van der Waals surface area contributed by atoms with Crippen LogP contribution in [0.4, 0.5) is 0 Å². The van der Waals surface area contributed by atoms with Crippen molar-refractivity contribution in [3.63, 3.8) is 0 Å². The van der Waals surface area contributed by atoms with Crippen LogP contribution in [0.2, 0.25) is 0 Å². The van der Waals surface area contributed by atoms with Crippen molar-refractivity contribution in [2.45, 2.75) is 0 Å². The second kappa shape index (κ2) is 2.32. The van der Waals surface area contributed by atoms with Gasteiger partial charge in [0.1, 0.15) is 0 Å². The number of phenols is 1. The molecule has 2 heterocycles. The molecule has 0 aliphatic carbocycles. The van der Waals surface area contributed by atoms with Gasteiger partial charge in [0, 0.05) is 6.07 Å². The van der Waals surface area contributed by atoms with Gasteiger partial charge in [0.25, 0.3) is 0 Å². The largest absolute Gasteiger partial charge is 0.519 e. The van der Waals surface area contributed by atoms with Crippen LogP contribution in [0.15, 0.2) is 33.3 Å². The molecule has 1 aromatic carbocycles. The van der Waals surface area contributed by atoms with E-state index in [1.165, 1.54) is 0 Å². The molecular formula is C8H2O7. The normalized spacial score (nSPS) is 11.5. The van der Waals surface area contributed by atoms with Gasteiger partial charge in [-0.2, -0.15) is 0 Å². The van der Waals surface area contributed by atoms with Gasteiger partial charge in [0.15, 0.2) is 11.3 Å². The van der Waals surface area contributed by atoms with Crippen LogP contribution in [0.3, 0.4) is 0 Å². The molecule has 0 bridgehead atoms. The Morgan fingerprint density at radius 1 is 0.867 bits per heavy atom. The zero-order valence-corrected chi connectivity index (χ0v) is 6.97.